The minimum Gasteiger partial charge on any atom is -0.468 e. The fraction of sp³-hybridized carbons (Fsp3) is 0.545. The maximum Gasteiger partial charge on any atom is 0.341 e. The van der Waals surface area contributed by atoms with Crippen LogP contribution in [0.3, 0.4) is 0 Å². The molecule has 0 saturated heterocycles. The number of hydrogen-bond donors (Lipinski definition) is 1. The van der Waals surface area contributed by atoms with Gasteiger partial charge in [0.05, 0.1) is 18.6 Å². The molecule has 90 valence electrons. The van der Waals surface area contributed by atoms with E-state index in [1.54, 1.807) is 24.8 Å². The van der Waals surface area contributed by atoms with E-state index in [1.165, 1.54) is 6.26 Å². The predicted octanol–water partition coefficient (Wildman–Crippen LogP) is 2.07. The lowest BCUT2D eigenvalue weighted by Crippen LogP contribution is -2.05. The lowest BCUT2D eigenvalue weighted by atomic mass is 10.3. The summed E-state index contributed by atoms with van der Waals surface area (Å²) in [5.74, 6) is 1.77. The molecule has 0 aliphatic carbocycles. The molecule has 0 saturated carbocycles. The molecule has 0 aliphatic rings. The van der Waals surface area contributed by atoms with E-state index >= 15 is 0 Å². The Kier molecular flexibility index (Phi) is 6.03. The van der Waals surface area contributed by atoms with Gasteiger partial charge in [-0.2, -0.15) is 11.8 Å². The maximum atomic E-state index is 11.5. The summed E-state index contributed by atoms with van der Waals surface area (Å²) in [7, 11) is 0. The average Bonchev–Trinajstić information content (AvgIpc) is 2.73. The van der Waals surface area contributed by atoms with Crippen LogP contribution >= 0.6 is 11.8 Å². The molecule has 0 aromatic carbocycles. The summed E-state index contributed by atoms with van der Waals surface area (Å²) in [6.45, 7) is 2.32. The maximum absolute atomic E-state index is 11.5. The number of carbonyl (C=O) groups excluding carboxylic acids is 1. The first-order valence-corrected chi connectivity index (χ1v) is 6.37. The van der Waals surface area contributed by atoms with E-state index in [0.717, 1.165) is 12.2 Å². The molecule has 0 radical (unpaired) electrons. The van der Waals surface area contributed by atoms with Crippen LogP contribution < -0.4 is 0 Å². The standard InChI is InChI=1S/C11H16O4S/c1-2-14-11(13)9-4-6-15-10(9)8-16-7-3-5-12/h4,6,12H,2-3,5,7-8H2,1H3. The van der Waals surface area contributed by atoms with Crippen molar-refractivity contribution in [3.63, 3.8) is 0 Å². The first-order valence-electron chi connectivity index (χ1n) is 5.21. The Labute approximate surface area is 99.0 Å². The van der Waals surface area contributed by atoms with E-state index in [2.05, 4.69) is 0 Å². The van der Waals surface area contributed by atoms with E-state index < -0.39 is 0 Å². The molecule has 5 heteroatoms. The van der Waals surface area contributed by atoms with Crippen LogP contribution in [-0.2, 0) is 10.5 Å². The van der Waals surface area contributed by atoms with E-state index in [4.69, 9.17) is 14.3 Å². The second-order valence-corrected chi connectivity index (χ2v) is 4.21. The molecular weight excluding hydrogens is 228 g/mol. The number of furan rings is 1. The molecule has 0 atom stereocenters. The van der Waals surface area contributed by atoms with Gasteiger partial charge in [0, 0.05) is 6.61 Å². The van der Waals surface area contributed by atoms with Crippen LogP contribution in [0.4, 0.5) is 0 Å². The normalized spacial score (nSPS) is 10.4. The van der Waals surface area contributed by atoms with Crippen LogP contribution in [0.2, 0.25) is 0 Å². The molecule has 1 rings (SSSR count). The van der Waals surface area contributed by atoms with Crippen LogP contribution in [0.5, 0.6) is 0 Å². The molecule has 1 aromatic rings. The molecule has 16 heavy (non-hydrogen) atoms. The molecule has 0 aliphatic heterocycles. The Morgan fingerprint density at radius 2 is 2.44 bits per heavy atom. The van der Waals surface area contributed by atoms with Crippen LogP contribution in [0.1, 0.15) is 29.5 Å². The molecule has 0 bridgehead atoms. The fourth-order valence-electron chi connectivity index (χ4n) is 1.17. The van der Waals surface area contributed by atoms with Gasteiger partial charge in [-0.1, -0.05) is 0 Å². The Balaban J connectivity index is 2.47. The molecule has 4 nitrogen and oxygen atoms in total. The van der Waals surface area contributed by atoms with Gasteiger partial charge in [-0.15, -0.1) is 0 Å². The SMILES string of the molecule is CCOC(=O)c1ccoc1CSCCCO. The van der Waals surface area contributed by atoms with Crippen molar-refractivity contribution in [1.29, 1.82) is 0 Å². The van der Waals surface area contributed by atoms with E-state index in [-0.39, 0.29) is 12.6 Å². The zero-order valence-electron chi connectivity index (χ0n) is 9.27. The molecule has 1 aromatic heterocycles. The molecule has 0 fully saturated rings. The van der Waals surface area contributed by atoms with Gasteiger partial charge in [-0.25, -0.2) is 4.79 Å². The third-order valence-corrected chi connectivity index (χ3v) is 2.96. The first-order chi connectivity index (χ1) is 7.79. The van der Waals surface area contributed by atoms with Gasteiger partial charge in [0.1, 0.15) is 11.3 Å². The number of hydrogen-bond acceptors (Lipinski definition) is 5. The fourth-order valence-corrected chi connectivity index (χ4v) is 2.06. The molecular formula is C11H16O4S. The molecule has 0 unspecified atom stereocenters. The van der Waals surface area contributed by atoms with Crippen molar-refractivity contribution in [2.45, 2.75) is 19.1 Å². The topological polar surface area (TPSA) is 59.7 Å². The van der Waals surface area contributed by atoms with Crippen LogP contribution in [0.25, 0.3) is 0 Å². The number of ether oxygens (including phenoxy) is 1. The van der Waals surface area contributed by atoms with Gasteiger partial charge in [-0.3, -0.25) is 0 Å². The van der Waals surface area contributed by atoms with Gasteiger partial charge in [-0.05, 0) is 25.2 Å². The van der Waals surface area contributed by atoms with Gasteiger partial charge in [0.15, 0.2) is 0 Å². The van der Waals surface area contributed by atoms with Gasteiger partial charge < -0.3 is 14.3 Å². The quantitative estimate of drug-likeness (QED) is 0.587. The highest BCUT2D eigenvalue weighted by molar-refractivity contribution is 7.98. The smallest absolute Gasteiger partial charge is 0.341 e. The summed E-state index contributed by atoms with van der Waals surface area (Å²) < 4.78 is 10.1. The summed E-state index contributed by atoms with van der Waals surface area (Å²) in [6.07, 6.45) is 2.24. The summed E-state index contributed by atoms with van der Waals surface area (Å²) in [5, 5.41) is 8.63. The molecule has 0 spiro atoms. The van der Waals surface area contributed by atoms with Crippen molar-refractivity contribution in [2.75, 3.05) is 19.0 Å². The van der Waals surface area contributed by atoms with Crippen LogP contribution in [-0.4, -0.2) is 30.0 Å². The number of thioether (sulfide) groups is 1. The van der Waals surface area contributed by atoms with Crippen molar-refractivity contribution < 1.29 is 19.1 Å². The number of esters is 1. The van der Waals surface area contributed by atoms with Crippen molar-refractivity contribution in [3.8, 4) is 0 Å². The van der Waals surface area contributed by atoms with Crippen LogP contribution in [0.15, 0.2) is 16.7 Å². The lowest BCUT2D eigenvalue weighted by Gasteiger charge is -2.02. The Morgan fingerprint density at radius 3 is 3.12 bits per heavy atom. The third kappa shape index (κ3) is 3.90. The van der Waals surface area contributed by atoms with E-state index in [1.807, 2.05) is 0 Å². The van der Waals surface area contributed by atoms with Crippen molar-refractivity contribution in [2.24, 2.45) is 0 Å². The summed E-state index contributed by atoms with van der Waals surface area (Å²) in [5.41, 5.74) is 0.498. The molecule has 0 amide bonds. The van der Waals surface area contributed by atoms with Gasteiger partial charge >= 0.3 is 5.97 Å². The van der Waals surface area contributed by atoms with E-state index in [0.29, 0.717) is 23.7 Å². The highest BCUT2D eigenvalue weighted by Crippen LogP contribution is 2.19. The Hall–Kier alpha value is -0.940. The largest absolute Gasteiger partial charge is 0.468 e. The van der Waals surface area contributed by atoms with Crippen LogP contribution in [0, 0.1) is 0 Å². The van der Waals surface area contributed by atoms with Crippen molar-refractivity contribution in [3.05, 3.63) is 23.7 Å². The van der Waals surface area contributed by atoms with Gasteiger partial charge in [0.25, 0.3) is 0 Å². The third-order valence-electron chi connectivity index (χ3n) is 1.92. The minimum atomic E-state index is -0.339. The van der Waals surface area contributed by atoms with Crippen molar-refractivity contribution >= 4 is 17.7 Å². The summed E-state index contributed by atoms with van der Waals surface area (Å²) in [6, 6.07) is 1.62. The highest BCUT2D eigenvalue weighted by atomic mass is 32.2. The highest BCUT2D eigenvalue weighted by Gasteiger charge is 2.15. The number of carbonyl (C=O) groups is 1. The monoisotopic (exact) mass is 244 g/mol. The average molecular weight is 244 g/mol. The van der Waals surface area contributed by atoms with Crippen molar-refractivity contribution in [1.82, 2.24) is 0 Å². The Morgan fingerprint density at radius 1 is 1.62 bits per heavy atom. The van der Waals surface area contributed by atoms with Gasteiger partial charge in [0.2, 0.25) is 0 Å². The second kappa shape index (κ2) is 7.35. The number of rotatable bonds is 7. The molecule has 1 N–H and O–H groups in total. The zero-order valence-corrected chi connectivity index (χ0v) is 10.1. The van der Waals surface area contributed by atoms with E-state index in [9.17, 15) is 4.79 Å². The summed E-state index contributed by atoms with van der Waals surface area (Å²) in [4.78, 5) is 11.5. The second-order valence-electron chi connectivity index (χ2n) is 3.11. The first kappa shape index (κ1) is 13.1. The number of aliphatic hydroxyl groups is 1. The minimum absolute atomic E-state index is 0.190. The number of aliphatic hydroxyl groups excluding tert-OH is 1. The zero-order chi connectivity index (χ0) is 11.8. The molecule has 1 heterocycles. The Bertz CT molecular complexity index is 322. The summed E-state index contributed by atoms with van der Waals surface area (Å²) >= 11 is 1.62. The predicted molar refractivity (Wildman–Crippen MR) is 62.5 cm³/mol. The lowest BCUT2D eigenvalue weighted by molar-refractivity contribution is 0.0524.